The van der Waals surface area contributed by atoms with Crippen molar-refractivity contribution in [1.82, 2.24) is 9.88 Å². The van der Waals surface area contributed by atoms with E-state index in [-0.39, 0.29) is 11.4 Å². The Labute approximate surface area is 118 Å². The Bertz CT molecular complexity index is 419. The molecule has 2 heterocycles. The zero-order valence-corrected chi connectivity index (χ0v) is 12.7. The molecule has 0 aliphatic carbocycles. The molecule has 5 heteroatoms. The number of carbonyl (C=O) groups excluding carboxylic acids is 1. The lowest BCUT2D eigenvalue weighted by Crippen LogP contribution is -2.40. The highest BCUT2D eigenvalue weighted by atomic mass is 32.1. The van der Waals surface area contributed by atoms with Crippen LogP contribution in [0.3, 0.4) is 0 Å². The molecule has 0 amide bonds. The van der Waals surface area contributed by atoms with Gasteiger partial charge < -0.3 is 4.74 Å². The van der Waals surface area contributed by atoms with Crippen LogP contribution in [0.1, 0.15) is 32.9 Å². The lowest BCUT2D eigenvalue weighted by Gasteiger charge is -2.30. The van der Waals surface area contributed by atoms with Crippen LogP contribution < -0.4 is 0 Å². The van der Waals surface area contributed by atoms with Crippen molar-refractivity contribution in [2.75, 3.05) is 19.7 Å². The van der Waals surface area contributed by atoms with E-state index in [1.54, 1.807) is 11.3 Å². The molecule has 1 aliphatic heterocycles. The lowest BCUT2D eigenvalue weighted by atomic mass is 9.76. The van der Waals surface area contributed by atoms with Gasteiger partial charge in [-0.15, -0.1) is 11.3 Å². The molecule has 0 N–H and O–H groups in total. The molecule has 4 nitrogen and oxygen atoms in total. The van der Waals surface area contributed by atoms with Crippen molar-refractivity contribution in [2.24, 2.45) is 11.3 Å². The van der Waals surface area contributed by atoms with E-state index >= 15 is 0 Å². The second-order valence-corrected chi connectivity index (χ2v) is 6.19. The number of likely N-dealkylation sites (tertiary alicyclic amines) is 1. The molecule has 1 aromatic rings. The van der Waals surface area contributed by atoms with Gasteiger partial charge in [-0.2, -0.15) is 0 Å². The largest absolute Gasteiger partial charge is 0.466 e. The molecule has 0 radical (unpaired) electrons. The second-order valence-electron chi connectivity index (χ2n) is 5.47. The summed E-state index contributed by atoms with van der Waals surface area (Å²) in [6, 6.07) is 0. The Kier molecular flexibility index (Phi) is 4.58. The molecule has 0 aromatic carbocycles. The fourth-order valence-electron chi connectivity index (χ4n) is 2.74. The van der Waals surface area contributed by atoms with Crippen molar-refractivity contribution in [1.29, 1.82) is 0 Å². The molecule has 0 spiro atoms. The third kappa shape index (κ3) is 2.98. The van der Waals surface area contributed by atoms with Gasteiger partial charge in [0.15, 0.2) is 0 Å². The molecule has 0 saturated carbocycles. The minimum absolute atomic E-state index is 0.0363. The molecule has 106 valence electrons. The first-order chi connectivity index (χ1) is 9.08. The van der Waals surface area contributed by atoms with Gasteiger partial charge in [-0.1, -0.05) is 13.8 Å². The molecular formula is C14H22N2O2S. The summed E-state index contributed by atoms with van der Waals surface area (Å²) in [5.41, 5.74) is 2.60. The average molecular weight is 282 g/mol. The summed E-state index contributed by atoms with van der Waals surface area (Å²) in [6.45, 7) is 9.10. The van der Waals surface area contributed by atoms with E-state index < -0.39 is 0 Å². The van der Waals surface area contributed by atoms with Gasteiger partial charge >= 0.3 is 5.97 Å². The third-order valence-electron chi connectivity index (χ3n) is 4.04. The molecule has 1 aromatic heterocycles. The molecule has 1 aliphatic rings. The van der Waals surface area contributed by atoms with Crippen LogP contribution in [0.25, 0.3) is 0 Å². The van der Waals surface area contributed by atoms with Gasteiger partial charge in [0.05, 0.1) is 23.2 Å². The molecule has 1 fully saturated rings. The Morgan fingerprint density at radius 3 is 3.00 bits per heavy atom. The van der Waals surface area contributed by atoms with Gasteiger partial charge in [-0.05, 0) is 25.8 Å². The maximum atomic E-state index is 12.3. The van der Waals surface area contributed by atoms with Crippen LogP contribution in [-0.4, -0.2) is 35.5 Å². The van der Waals surface area contributed by atoms with Crippen LogP contribution in [-0.2, 0) is 16.1 Å². The number of ether oxygens (including phenoxy) is 1. The molecule has 0 unspecified atom stereocenters. The zero-order chi connectivity index (χ0) is 13.9. The number of rotatable bonds is 5. The maximum absolute atomic E-state index is 12.3. The number of thiazole rings is 1. The van der Waals surface area contributed by atoms with E-state index in [0.29, 0.717) is 12.5 Å². The van der Waals surface area contributed by atoms with Gasteiger partial charge in [0.25, 0.3) is 0 Å². The van der Waals surface area contributed by atoms with E-state index in [2.05, 4.69) is 29.1 Å². The Morgan fingerprint density at radius 2 is 2.42 bits per heavy atom. The highest BCUT2D eigenvalue weighted by molar-refractivity contribution is 7.07. The van der Waals surface area contributed by atoms with E-state index in [1.807, 2.05) is 12.4 Å². The highest BCUT2D eigenvalue weighted by Gasteiger charge is 2.48. The first-order valence-electron chi connectivity index (χ1n) is 6.85. The maximum Gasteiger partial charge on any atom is 0.313 e. The summed E-state index contributed by atoms with van der Waals surface area (Å²) in [5.74, 6) is 0.262. The van der Waals surface area contributed by atoms with Crippen LogP contribution in [0.15, 0.2) is 10.9 Å². The number of aromatic nitrogens is 1. The molecule has 1 atom stereocenters. The van der Waals surface area contributed by atoms with Crippen LogP contribution in [0.2, 0.25) is 0 Å². The Morgan fingerprint density at radius 1 is 1.63 bits per heavy atom. The fraction of sp³-hybridized carbons (Fsp3) is 0.714. The van der Waals surface area contributed by atoms with E-state index in [4.69, 9.17) is 4.74 Å². The number of esters is 1. The first-order valence-corrected chi connectivity index (χ1v) is 7.79. The third-order valence-corrected chi connectivity index (χ3v) is 4.67. The average Bonchev–Trinajstić information content (AvgIpc) is 3.00. The number of hydrogen-bond donors (Lipinski definition) is 0. The molecular weight excluding hydrogens is 260 g/mol. The van der Waals surface area contributed by atoms with Gasteiger partial charge in [0.1, 0.15) is 0 Å². The van der Waals surface area contributed by atoms with Crippen LogP contribution in [0, 0.1) is 11.3 Å². The quantitative estimate of drug-likeness (QED) is 0.778. The van der Waals surface area contributed by atoms with E-state index in [9.17, 15) is 4.79 Å². The summed E-state index contributed by atoms with van der Waals surface area (Å²) in [7, 11) is 0. The number of carbonyl (C=O) groups is 1. The zero-order valence-electron chi connectivity index (χ0n) is 11.9. The standard InChI is InChI=1S/C14H22N2O2S/c1-4-18-13(17)14(11(2)3)5-6-16(9-14)7-12-8-19-10-15-12/h8,10-11H,4-7,9H2,1-3H3/t14-/m1/s1. The van der Waals surface area contributed by atoms with Gasteiger partial charge in [0, 0.05) is 18.5 Å². The second kappa shape index (κ2) is 6.01. The molecule has 19 heavy (non-hydrogen) atoms. The first kappa shape index (κ1) is 14.5. The van der Waals surface area contributed by atoms with Crippen molar-refractivity contribution in [3.8, 4) is 0 Å². The Balaban J connectivity index is 2.05. The normalized spacial score (nSPS) is 24.0. The smallest absolute Gasteiger partial charge is 0.313 e. The van der Waals surface area contributed by atoms with Crippen molar-refractivity contribution >= 4 is 17.3 Å². The summed E-state index contributed by atoms with van der Waals surface area (Å²) < 4.78 is 5.29. The number of nitrogens with zero attached hydrogens (tertiary/aromatic N) is 2. The van der Waals surface area contributed by atoms with Crippen LogP contribution in [0.4, 0.5) is 0 Å². The summed E-state index contributed by atoms with van der Waals surface area (Å²) in [5, 5.41) is 2.07. The summed E-state index contributed by atoms with van der Waals surface area (Å²) in [6.07, 6.45) is 0.883. The van der Waals surface area contributed by atoms with Crippen molar-refractivity contribution in [2.45, 2.75) is 33.7 Å². The van der Waals surface area contributed by atoms with Crippen LogP contribution in [0.5, 0.6) is 0 Å². The van der Waals surface area contributed by atoms with Crippen molar-refractivity contribution < 1.29 is 9.53 Å². The van der Waals surface area contributed by atoms with Crippen molar-refractivity contribution in [3.63, 3.8) is 0 Å². The van der Waals surface area contributed by atoms with Gasteiger partial charge in [-0.25, -0.2) is 4.98 Å². The predicted octanol–water partition coefficient (Wildman–Crippen LogP) is 2.55. The fourth-order valence-corrected chi connectivity index (χ4v) is 3.29. The SMILES string of the molecule is CCOC(=O)[C@]1(C(C)C)CCN(Cc2cscn2)C1. The number of hydrogen-bond acceptors (Lipinski definition) is 5. The minimum Gasteiger partial charge on any atom is -0.466 e. The highest BCUT2D eigenvalue weighted by Crippen LogP contribution is 2.39. The Hall–Kier alpha value is -0.940. The molecule has 2 rings (SSSR count). The molecule has 1 saturated heterocycles. The van der Waals surface area contributed by atoms with Gasteiger partial charge in [-0.3, -0.25) is 9.69 Å². The van der Waals surface area contributed by atoms with E-state index in [0.717, 1.165) is 31.7 Å². The monoisotopic (exact) mass is 282 g/mol. The van der Waals surface area contributed by atoms with E-state index in [1.165, 1.54) is 0 Å². The summed E-state index contributed by atoms with van der Waals surface area (Å²) >= 11 is 1.61. The van der Waals surface area contributed by atoms with Crippen molar-refractivity contribution in [3.05, 3.63) is 16.6 Å². The topological polar surface area (TPSA) is 42.4 Å². The lowest BCUT2D eigenvalue weighted by molar-refractivity contribution is -0.157. The minimum atomic E-state index is -0.341. The summed E-state index contributed by atoms with van der Waals surface area (Å²) in [4.78, 5) is 18.9. The molecule has 0 bridgehead atoms. The van der Waals surface area contributed by atoms with Gasteiger partial charge in [0.2, 0.25) is 0 Å². The predicted molar refractivity (Wildman–Crippen MR) is 75.9 cm³/mol. The van der Waals surface area contributed by atoms with Crippen LogP contribution >= 0.6 is 11.3 Å².